The maximum atomic E-state index is 11.9. The Kier molecular flexibility index (Phi) is 3.98. The molecule has 1 aromatic carbocycles. The van der Waals surface area contributed by atoms with E-state index in [9.17, 15) is 4.79 Å². The molecule has 112 valence electrons. The third kappa shape index (κ3) is 3.04. The second kappa shape index (κ2) is 6.07. The quantitative estimate of drug-likeness (QED) is 0.699. The molecule has 1 aromatic heterocycles. The maximum absolute atomic E-state index is 11.9. The summed E-state index contributed by atoms with van der Waals surface area (Å²) in [6, 6.07) is 8.97. The summed E-state index contributed by atoms with van der Waals surface area (Å²) < 4.78 is 7.33. The highest BCUT2D eigenvalue weighted by Crippen LogP contribution is 2.28. The fourth-order valence-corrected chi connectivity index (χ4v) is 2.35. The number of rotatable bonds is 3. The topological polar surface area (TPSA) is 55.6 Å². The first kappa shape index (κ1) is 14.4. The summed E-state index contributed by atoms with van der Waals surface area (Å²) in [5.74, 6) is 0.527. The van der Waals surface area contributed by atoms with E-state index in [1.165, 1.54) is 0 Å². The number of aromatic nitrogens is 1. The number of carbonyl (C=O) groups excluding carboxylic acids is 1. The van der Waals surface area contributed by atoms with Gasteiger partial charge in [0.15, 0.2) is 0 Å². The second-order valence-electron chi connectivity index (χ2n) is 4.89. The zero-order chi connectivity index (χ0) is 15.5. The van der Waals surface area contributed by atoms with Crippen LogP contribution in [0.15, 0.2) is 47.2 Å². The number of halogens is 1. The Labute approximate surface area is 132 Å². The maximum Gasteiger partial charge on any atom is 0.287 e. The third-order valence-electron chi connectivity index (χ3n) is 3.28. The molecule has 1 aliphatic rings. The minimum Gasteiger partial charge on any atom is -0.488 e. The molecular formula is C16H14ClN3O2. The SMILES string of the molecule is Cn1cccc1C(=O)N/N=C/C1=Cc2cc(Cl)ccc2OC1. The van der Waals surface area contributed by atoms with Crippen molar-refractivity contribution in [2.24, 2.45) is 12.1 Å². The highest BCUT2D eigenvalue weighted by molar-refractivity contribution is 6.30. The van der Waals surface area contributed by atoms with E-state index in [1.54, 1.807) is 42.2 Å². The monoisotopic (exact) mass is 315 g/mol. The summed E-state index contributed by atoms with van der Waals surface area (Å²) >= 11 is 5.96. The van der Waals surface area contributed by atoms with Gasteiger partial charge in [0.25, 0.3) is 5.91 Å². The molecule has 0 fully saturated rings. The summed E-state index contributed by atoms with van der Waals surface area (Å²) in [5, 5.41) is 4.62. The molecule has 2 heterocycles. The Hall–Kier alpha value is -2.53. The van der Waals surface area contributed by atoms with Crippen molar-refractivity contribution in [2.45, 2.75) is 0 Å². The molecule has 5 nitrogen and oxygen atoms in total. The Balaban J connectivity index is 1.69. The smallest absolute Gasteiger partial charge is 0.287 e. The molecule has 0 bridgehead atoms. The molecule has 6 heteroatoms. The third-order valence-corrected chi connectivity index (χ3v) is 3.52. The fraction of sp³-hybridized carbons (Fsp3) is 0.125. The number of nitrogens with zero attached hydrogens (tertiary/aromatic N) is 2. The number of amides is 1. The first-order chi connectivity index (χ1) is 10.6. The van der Waals surface area contributed by atoms with Gasteiger partial charge < -0.3 is 9.30 Å². The van der Waals surface area contributed by atoms with Gasteiger partial charge in [-0.15, -0.1) is 0 Å². The van der Waals surface area contributed by atoms with Crippen LogP contribution >= 0.6 is 11.6 Å². The predicted octanol–water partition coefficient (Wildman–Crippen LogP) is 2.87. The van der Waals surface area contributed by atoms with Crippen LogP contribution in [-0.4, -0.2) is 23.3 Å². The van der Waals surface area contributed by atoms with Gasteiger partial charge in [-0.2, -0.15) is 5.10 Å². The summed E-state index contributed by atoms with van der Waals surface area (Å²) in [6.45, 7) is 0.401. The number of benzene rings is 1. The Morgan fingerprint density at radius 1 is 1.45 bits per heavy atom. The molecule has 0 radical (unpaired) electrons. The number of ether oxygens (including phenoxy) is 1. The largest absolute Gasteiger partial charge is 0.488 e. The van der Waals surface area contributed by atoms with Gasteiger partial charge in [0.2, 0.25) is 0 Å². The van der Waals surface area contributed by atoms with Crippen LogP contribution in [0.25, 0.3) is 6.08 Å². The molecule has 3 rings (SSSR count). The average Bonchev–Trinajstić information content (AvgIpc) is 2.93. The van der Waals surface area contributed by atoms with Crippen LogP contribution in [0.5, 0.6) is 5.75 Å². The van der Waals surface area contributed by atoms with Gasteiger partial charge in [-0.05, 0) is 36.4 Å². The predicted molar refractivity (Wildman–Crippen MR) is 86.3 cm³/mol. The van der Waals surface area contributed by atoms with Gasteiger partial charge in [0.05, 0.1) is 6.21 Å². The number of hydrogen-bond donors (Lipinski definition) is 1. The minimum absolute atomic E-state index is 0.260. The Morgan fingerprint density at radius 2 is 2.32 bits per heavy atom. The molecule has 0 saturated carbocycles. The summed E-state index contributed by atoms with van der Waals surface area (Å²) in [4.78, 5) is 11.9. The first-order valence-electron chi connectivity index (χ1n) is 6.71. The number of hydrazone groups is 1. The highest BCUT2D eigenvalue weighted by atomic mass is 35.5. The second-order valence-corrected chi connectivity index (χ2v) is 5.33. The van der Waals surface area contributed by atoms with Crippen molar-refractivity contribution in [1.82, 2.24) is 9.99 Å². The number of fused-ring (bicyclic) bond motifs is 1. The van der Waals surface area contributed by atoms with Crippen LogP contribution in [0.1, 0.15) is 16.1 Å². The Morgan fingerprint density at radius 3 is 3.09 bits per heavy atom. The Bertz CT molecular complexity index is 777. The van der Waals surface area contributed by atoms with Crippen molar-refractivity contribution in [1.29, 1.82) is 0 Å². The first-order valence-corrected chi connectivity index (χ1v) is 7.09. The molecular weight excluding hydrogens is 302 g/mol. The summed E-state index contributed by atoms with van der Waals surface area (Å²) in [7, 11) is 1.80. The zero-order valence-corrected chi connectivity index (χ0v) is 12.7. The summed E-state index contributed by atoms with van der Waals surface area (Å²) in [5.41, 5.74) is 4.79. The molecule has 0 unspecified atom stereocenters. The lowest BCUT2D eigenvalue weighted by Gasteiger charge is -2.15. The lowest BCUT2D eigenvalue weighted by atomic mass is 10.1. The van der Waals surface area contributed by atoms with Gasteiger partial charge in [-0.3, -0.25) is 4.79 Å². The van der Waals surface area contributed by atoms with Crippen molar-refractivity contribution in [3.8, 4) is 5.75 Å². The molecule has 0 aliphatic carbocycles. The van der Waals surface area contributed by atoms with Crippen LogP contribution in [0.2, 0.25) is 5.02 Å². The molecule has 0 saturated heterocycles. The van der Waals surface area contributed by atoms with E-state index in [0.717, 1.165) is 16.9 Å². The highest BCUT2D eigenvalue weighted by Gasteiger charge is 2.11. The molecule has 2 aromatic rings. The number of nitrogens with one attached hydrogen (secondary N) is 1. The van der Waals surface area contributed by atoms with Crippen LogP contribution in [-0.2, 0) is 7.05 Å². The lowest BCUT2D eigenvalue weighted by Crippen LogP contribution is -2.20. The van der Waals surface area contributed by atoms with Gasteiger partial charge in [0, 0.05) is 29.4 Å². The summed E-state index contributed by atoms with van der Waals surface area (Å²) in [6.07, 6.45) is 5.31. The van der Waals surface area contributed by atoms with Gasteiger partial charge in [0.1, 0.15) is 18.1 Å². The van der Waals surface area contributed by atoms with Crippen LogP contribution < -0.4 is 10.2 Å². The van der Waals surface area contributed by atoms with E-state index in [4.69, 9.17) is 16.3 Å². The molecule has 1 amide bonds. The van der Waals surface area contributed by atoms with E-state index < -0.39 is 0 Å². The average molecular weight is 316 g/mol. The van der Waals surface area contributed by atoms with E-state index >= 15 is 0 Å². The van der Waals surface area contributed by atoms with Crippen LogP contribution in [0.4, 0.5) is 0 Å². The van der Waals surface area contributed by atoms with Gasteiger partial charge >= 0.3 is 0 Å². The molecule has 0 atom stereocenters. The molecule has 0 spiro atoms. The number of hydrogen-bond acceptors (Lipinski definition) is 3. The van der Waals surface area contributed by atoms with E-state index in [0.29, 0.717) is 17.3 Å². The van der Waals surface area contributed by atoms with E-state index in [2.05, 4.69) is 10.5 Å². The van der Waals surface area contributed by atoms with Crippen molar-refractivity contribution >= 4 is 29.8 Å². The van der Waals surface area contributed by atoms with E-state index in [1.807, 2.05) is 18.2 Å². The van der Waals surface area contributed by atoms with Crippen molar-refractivity contribution in [3.63, 3.8) is 0 Å². The number of carbonyl (C=O) groups is 1. The van der Waals surface area contributed by atoms with Crippen LogP contribution in [0, 0.1) is 0 Å². The van der Waals surface area contributed by atoms with Crippen molar-refractivity contribution in [2.75, 3.05) is 6.61 Å². The zero-order valence-electron chi connectivity index (χ0n) is 11.9. The molecule has 1 N–H and O–H groups in total. The number of aryl methyl sites for hydroxylation is 1. The van der Waals surface area contributed by atoms with Crippen molar-refractivity contribution in [3.05, 3.63) is 58.4 Å². The standard InChI is InChI=1S/C16H14ClN3O2/c1-20-6-2-3-14(20)16(21)19-18-9-11-7-12-8-13(17)4-5-15(12)22-10-11/h2-9H,10H2,1H3,(H,19,21)/b18-9+. The van der Waals surface area contributed by atoms with Crippen molar-refractivity contribution < 1.29 is 9.53 Å². The molecule has 1 aliphatic heterocycles. The fourth-order valence-electron chi connectivity index (χ4n) is 2.17. The molecule has 22 heavy (non-hydrogen) atoms. The minimum atomic E-state index is -0.260. The van der Waals surface area contributed by atoms with Crippen LogP contribution in [0.3, 0.4) is 0 Å². The normalized spacial score (nSPS) is 13.5. The van der Waals surface area contributed by atoms with Gasteiger partial charge in [-0.25, -0.2) is 5.43 Å². The lowest BCUT2D eigenvalue weighted by molar-refractivity contribution is 0.0947. The van der Waals surface area contributed by atoms with E-state index in [-0.39, 0.29) is 5.91 Å². The van der Waals surface area contributed by atoms with Gasteiger partial charge in [-0.1, -0.05) is 11.6 Å².